The fourth-order valence-corrected chi connectivity index (χ4v) is 2.36. The molecule has 1 aliphatic heterocycles. The average molecular weight is 275 g/mol. The number of hydrogen-bond donors (Lipinski definition) is 1. The number of anilines is 1. The number of aryl methyl sites for hydroxylation is 1. The van der Waals surface area contributed by atoms with Gasteiger partial charge in [-0.15, -0.1) is 0 Å². The van der Waals surface area contributed by atoms with Crippen LogP contribution in [0.25, 0.3) is 0 Å². The van der Waals surface area contributed by atoms with Gasteiger partial charge >= 0.3 is 0 Å². The van der Waals surface area contributed by atoms with Crippen LogP contribution in [-0.4, -0.2) is 64.9 Å². The maximum atomic E-state index is 12.5. The van der Waals surface area contributed by atoms with E-state index in [0.717, 1.165) is 32.0 Å². The van der Waals surface area contributed by atoms with E-state index in [0.29, 0.717) is 17.6 Å². The summed E-state index contributed by atoms with van der Waals surface area (Å²) in [7, 11) is 2.08. The van der Waals surface area contributed by atoms with Crippen molar-refractivity contribution in [2.75, 3.05) is 38.5 Å². The van der Waals surface area contributed by atoms with Gasteiger partial charge in [0.1, 0.15) is 17.3 Å². The van der Waals surface area contributed by atoms with Crippen molar-refractivity contribution in [2.45, 2.75) is 25.8 Å². The fraction of sp³-hybridized carbons (Fsp3) is 0.643. The fourth-order valence-electron chi connectivity index (χ4n) is 2.36. The highest BCUT2D eigenvalue weighted by Gasteiger charge is 2.24. The van der Waals surface area contributed by atoms with Crippen molar-refractivity contribution in [1.29, 1.82) is 0 Å². The zero-order chi connectivity index (χ0) is 14.1. The largest absolute Gasteiger partial charge is 0.367 e. The van der Waals surface area contributed by atoms with E-state index in [9.17, 15) is 4.79 Å². The number of rotatable bonds is 3. The van der Waals surface area contributed by atoms with E-state index in [4.69, 9.17) is 0 Å². The number of nitrogens with zero attached hydrogens (tertiary/aromatic N) is 4. The van der Waals surface area contributed by atoms with E-state index >= 15 is 0 Å². The van der Waals surface area contributed by atoms with Gasteiger partial charge in [0.25, 0.3) is 5.91 Å². The molecule has 3 rings (SSSR count). The van der Waals surface area contributed by atoms with Crippen molar-refractivity contribution in [2.24, 2.45) is 0 Å². The van der Waals surface area contributed by atoms with Crippen LogP contribution in [0.5, 0.6) is 0 Å². The number of amides is 1. The molecule has 1 saturated heterocycles. The topological polar surface area (TPSA) is 61.4 Å². The van der Waals surface area contributed by atoms with Gasteiger partial charge in [0.05, 0.1) is 0 Å². The molecular weight excluding hydrogens is 254 g/mol. The van der Waals surface area contributed by atoms with Gasteiger partial charge in [-0.3, -0.25) is 4.79 Å². The van der Waals surface area contributed by atoms with Crippen LogP contribution in [0.15, 0.2) is 6.07 Å². The van der Waals surface area contributed by atoms with Crippen molar-refractivity contribution in [3.8, 4) is 0 Å². The van der Waals surface area contributed by atoms with Gasteiger partial charge in [-0.2, -0.15) is 0 Å². The molecule has 0 bridgehead atoms. The van der Waals surface area contributed by atoms with E-state index in [-0.39, 0.29) is 5.91 Å². The van der Waals surface area contributed by atoms with Gasteiger partial charge in [-0.05, 0) is 26.8 Å². The summed E-state index contributed by atoms with van der Waals surface area (Å²) < 4.78 is 0. The summed E-state index contributed by atoms with van der Waals surface area (Å²) >= 11 is 0. The molecule has 0 unspecified atom stereocenters. The predicted molar refractivity (Wildman–Crippen MR) is 76.8 cm³/mol. The highest BCUT2D eigenvalue weighted by Crippen LogP contribution is 2.24. The van der Waals surface area contributed by atoms with Crippen molar-refractivity contribution < 1.29 is 4.79 Å². The van der Waals surface area contributed by atoms with Crippen molar-refractivity contribution in [1.82, 2.24) is 19.8 Å². The first-order valence-corrected chi connectivity index (χ1v) is 7.22. The molecule has 1 N–H and O–H groups in total. The van der Waals surface area contributed by atoms with Crippen LogP contribution in [0, 0.1) is 6.92 Å². The minimum Gasteiger partial charge on any atom is -0.367 e. The molecule has 1 aliphatic carbocycles. The summed E-state index contributed by atoms with van der Waals surface area (Å²) in [6, 6.07) is 2.31. The maximum Gasteiger partial charge on any atom is 0.272 e. The van der Waals surface area contributed by atoms with Gasteiger partial charge in [-0.1, -0.05) is 0 Å². The number of carbonyl (C=O) groups is 1. The third kappa shape index (κ3) is 3.07. The first kappa shape index (κ1) is 13.3. The van der Waals surface area contributed by atoms with Gasteiger partial charge in [0.15, 0.2) is 0 Å². The smallest absolute Gasteiger partial charge is 0.272 e. The highest BCUT2D eigenvalue weighted by molar-refractivity contribution is 5.93. The summed E-state index contributed by atoms with van der Waals surface area (Å²) in [5.74, 6) is 1.44. The Hall–Kier alpha value is -1.69. The van der Waals surface area contributed by atoms with Crippen molar-refractivity contribution in [3.05, 3.63) is 17.6 Å². The molecule has 1 amide bonds. The Bertz CT molecular complexity index is 506. The normalized spacial score (nSPS) is 20.0. The lowest BCUT2D eigenvalue weighted by atomic mass is 10.2. The van der Waals surface area contributed by atoms with Crippen LogP contribution in [0.3, 0.4) is 0 Å². The van der Waals surface area contributed by atoms with Crippen molar-refractivity contribution in [3.63, 3.8) is 0 Å². The molecule has 1 aromatic rings. The second-order valence-corrected chi connectivity index (χ2v) is 5.70. The van der Waals surface area contributed by atoms with Crippen LogP contribution < -0.4 is 5.32 Å². The first-order valence-electron chi connectivity index (χ1n) is 7.22. The van der Waals surface area contributed by atoms with Gasteiger partial charge < -0.3 is 15.1 Å². The maximum absolute atomic E-state index is 12.5. The minimum atomic E-state index is 0.0162. The lowest BCUT2D eigenvalue weighted by Crippen LogP contribution is -2.47. The first-order chi connectivity index (χ1) is 9.61. The number of nitrogens with one attached hydrogen (secondary N) is 1. The molecule has 0 aromatic carbocycles. The predicted octanol–water partition coefficient (Wildman–Crippen LogP) is 0.747. The number of hydrogen-bond acceptors (Lipinski definition) is 5. The van der Waals surface area contributed by atoms with E-state index in [1.165, 1.54) is 12.8 Å². The van der Waals surface area contributed by atoms with E-state index in [2.05, 4.69) is 27.2 Å². The minimum absolute atomic E-state index is 0.0162. The SMILES string of the molecule is Cc1nc(NC2CC2)cc(C(=O)N2CCN(C)CC2)n1. The second kappa shape index (κ2) is 5.36. The standard InChI is InChI=1S/C14H21N5O/c1-10-15-12(9-13(16-10)17-11-3-4-11)14(20)19-7-5-18(2)6-8-19/h9,11H,3-8H2,1-2H3,(H,15,16,17). The third-order valence-corrected chi connectivity index (χ3v) is 3.78. The lowest BCUT2D eigenvalue weighted by Gasteiger charge is -2.32. The van der Waals surface area contributed by atoms with Crippen LogP contribution in [-0.2, 0) is 0 Å². The van der Waals surface area contributed by atoms with E-state index in [1.54, 1.807) is 6.07 Å². The average Bonchev–Trinajstić information content (AvgIpc) is 3.22. The zero-order valence-electron chi connectivity index (χ0n) is 12.1. The molecule has 0 radical (unpaired) electrons. The number of carbonyl (C=O) groups excluding carboxylic acids is 1. The summed E-state index contributed by atoms with van der Waals surface area (Å²) in [6.07, 6.45) is 2.37. The summed E-state index contributed by atoms with van der Waals surface area (Å²) in [6.45, 7) is 5.21. The Morgan fingerprint density at radius 2 is 1.95 bits per heavy atom. The highest BCUT2D eigenvalue weighted by atomic mass is 16.2. The van der Waals surface area contributed by atoms with Crippen LogP contribution in [0.2, 0.25) is 0 Å². The zero-order valence-corrected chi connectivity index (χ0v) is 12.1. The van der Waals surface area contributed by atoms with Gasteiger partial charge in [0.2, 0.25) is 0 Å². The van der Waals surface area contributed by atoms with E-state index < -0.39 is 0 Å². The third-order valence-electron chi connectivity index (χ3n) is 3.78. The quantitative estimate of drug-likeness (QED) is 0.882. The number of piperazine rings is 1. The Labute approximate surface area is 119 Å². The lowest BCUT2D eigenvalue weighted by molar-refractivity contribution is 0.0658. The Morgan fingerprint density at radius 1 is 1.25 bits per heavy atom. The van der Waals surface area contributed by atoms with E-state index in [1.807, 2.05) is 11.8 Å². The van der Waals surface area contributed by atoms with Crippen molar-refractivity contribution >= 4 is 11.7 Å². The van der Waals surface area contributed by atoms with Crippen LogP contribution in [0.4, 0.5) is 5.82 Å². The molecule has 6 heteroatoms. The Kier molecular flexibility index (Phi) is 3.56. The summed E-state index contributed by atoms with van der Waals surface area (Å²) in [5.41, 5.74) is 0.505. The molecule has 1 aromatic heterocycles. The molecule has 1 saturated carbocycles. The Morgan fingerprint density at radius 3 is 2.60 bits per heavy atom. The molecule has 2 fully saturated rings. The molecule has 2 heterocycles. The molecule has 6 nitrogen and oxygen atoms in total. The molecule has 108 valence electrons. The molecule has 0 atom stereocenters. The number of likely N-dealkylation sites (N-methyl/N-ethyl adjacent to an activating group) is 1. The van der Waals surface area contributed by atoms with Crippen LogP contribution >= 0.6 is 0 Å². The van der Waals surface area contributed by atoms with Gasteiger partial charge in [-0.25, -0.2) is 9.97 Å². The molecular formula is C14H21N5O. The monoisotopic (exact) mass is 275 g/mol. The Balaban J connectivity index is 1.74. The van der Waals surface area contributed by atoms with Gasteiger partial charge in [0, 0.05) is 38.3 Å². The number of aromatic nitrogens is 2. The second-order valence-electron chi connectivity index (χ2n) is 5.70. The summed E-state index contributed by atoms with van der Waals surface area (Å²) in [4.78, 5) is 25.3. The summed E-state index contributed by atoms with van der Waals surface area (Å²) in [5, 5.41) is 3.33. The van der Waals surface area contributed by atoms with Crippen LogP contribution in [0.1, 0.15) is 29.2 Å². The molecule has 20 heavy (non-hydrogen) atoms. The molecule has 0 spiro atoms. The molecule has 2 aliphatic rings.